The summed E-state index contributed by atoms with van der Waals surface area (Å²) in [4.78, 5) is 0. The molecule has 3 radical (unpaired) electrons. The predicted molar refractivity (Wildman–Crippen MR) is 92.8 cm³/mol. The van der Waals surface area contributed by atoms with Gasteiger partial charge >= 0.3 is 133 Å². The predicted octanol–water partition coefficient (Wildman–Crippen LogP) is 5.61. The van der Waals surface area contributed by atoms with E-state index in [1.165, 1.54) is 11.7 Å². The first-order valence-electron chi connectivity index (χ1n) is 6.68. The van der Waals surface area contributed by atoms with Gasteiger partial charge in [0.1, 0.15) is 0 Å². The smallest absolute Gasteiger partial charge is 0.147 e. The molecule has 2 aliphatic rings. The van der Waals surface area contributed by atoms with Crippen LogP contribution in [0.1, 0.15) is 41.0 Å². The van der Waals surface area contributed by atoms with E-state index in [4.69, 9.17) is 0 Å². The second-order valence-electron chi connectivity index (χ2n) is 4.87. The summed E-state index contributed by atoms with van der Waals surface area (Å²) in [6.45, 7) is 11.4. The summed E-state index contributed by atoms with van der Waals surface area (Å²) >= 11 is 1.67. The molecule has 0 saturated carbocycles. The topological polar surface area (TPSA) is 0 Å². The molecule has 0 amide bonds. The van der Waals surface area contributed by atoms with E-state index in [1.807, 2.05) is 3.28 Å². The maximum Gasteiger partial charge on any atom is -0.147 e. The molecule has 2 aliphatic carbocycles. The Morgan fingerprint density at radius 1 is 1.20 bits per heavy atom. The van der Waals surface area contributed by atoms with E-state index in [2.05, 4.69) is 69.4 Å². The molecular formula is C16H25Cl2GeZr. The van der Waals surface area contributed by atoms with Crippen LogP contribution in [-0.2, 0) is 23.2 Å². The quantitative estimate of drug-likeness (QED) is 0.478. The summed E-state index contributed by atoms with van der Waals surface area (Å²) in [6, 6.07) is 0. The Balaban J connectivity index is 0. The van der Waals surface area contributed by atoms with Crippen LogP contribution in [0.25, 0.3) is 0 Å². The van der Waals surface area contributed by atoms with Crippen molar-refractivity contribution >= 4 is 41.3 Å². The molecule has 0 aliphatic heterocycles. The van der Waals surface area contributed by atoms with Gasteiger partial charge in [-0.1, -0.05) is 0 Å². The molecule has 0 fully saturated rings. The Bertz CT molecular complexity index is 434. The van der Waals surface area contributed by atoms with E-state index in [9.17, 15) is 0 Å². The number of hydrogen-bond donors (Lipinski definition) is 0. The molecule has 0 heterocycles. The van der Waals surface area contributed by atoms with Gasteiger partial charge in [-0.2, -0.15) is 0 Å². The van der Waals surface area contributed by atoms with Crippen LogP contribution >= 0.6 is 24.8 Å². The van der Waals surface area contributed by atoms with Gasteiger partial charge in [0.25, 0.3) is 0 Å². The maximum absolute atomic E-state index is 2.38. The molecule has 0 aromatic heterocycles. The van der Waals surface area contributed by atoms with Crippen LogP contribution in [0, 0.1) is 5.92 Å². The average molecular weight is 452 g/mol. The first kappa shape index (κ1) is 23.2. The van der Waals surface area contributed by atoms with Crippen molar-refractivity contribution in [3.8, 4) is 0 Å². The summed E-state index contributed by atoms with van der Waals surface area (Å²) in [5.41, 5.74) is 4.78. The molecule has 0 bridgehead atoms. The average Bonchev–Trinajstić information content (AvgIpc) is 2.91. The minimum Gasteiger partial charge on any atom is -0.147 e. The summed E-state index contributed by atoms with van der Waals surface area (Å²) in [6.07, 6.45) is 8.09. The third-order valence-electron chi connectivity index (χ3n) is 3.71. The monoisotopic (exact) mass is 451 g/mol. The van der Waals surface area contributed by atoms with E-state index in [1.54, 1.807) is 20.0 Å². The minimum absolute atomic E-state index is 0. The summed E-state index contributed by atoms with van der Waals surface area (Å²) in [5.74, 6) is 0.734. The summed E-state index contributed by atoms with van der Waals surface area (Å²) in [5, 5.41) is 1.25. The first-order chi connectivity index (χ1) is 8.52. The van der Waals surface area contributed by atoms with Crippen molar-refractivity contribution in [3.05, 3.63) is 41.5 Å². The summed E-state index contributed by atoms with van der Waals surface area (Å²) < 4.78 is 3.55. The number of rotatable bonds is 2. The second kappa shape index (κ2) is 11.5. The van der Waals surface area contributed by atoms with Gasteiger partial charge in [0.2, 0.25) is 0 Å². The third-order valence-corrected chi connectivity index (χ3v) is 8.06. The van der Waals surface area contributed by atoms with Crippen molar-refractivity contribution < 1.29 is 23.2 Å². The molecule has 4 heteroatoms. The molecule has 1 atom stereocenters. The molecule has 2 rings (SSSR count). The van der Waals surface area contributed by atoms with Crippen molar-refractivity contribution in [2.75, 3.05) is 0 Å². The zero-order valence-electron chi connectivity index (χ0n) is 13.0. The van der Waals surface area contributed by atoms with Crippen LogP contribution in [0.5, 0.6) is 0 Å². The van der Waals surface area contributed by atoms with Gasteiger partial charge in [0, 0.05) is 0 Å². The molecule has 0 spiro atoms. The normalized spacial score (nSPS) is 19.9. The molecule has 0 N–H and O–H groups in total. The third kappa shape index (κ3) is 5.99. The number of hydrogen-bond acceptors (Lipinski definition) is 0. The van der Waals surface area contributed by atoms with Crippen molar-refractivity contribution in [1.29, 1.82) is 0 Å². The Labute approximate surface area is 157 Å². The van der Waals surface area contributed by atoms with Crippen molar-refractivity contribution in [1.82, 2.24) is 0 Å². The van der Waals surface area contributed by atoms with E-state index in [-0.39, 0.29) is 24.8 Å². The van der Waals surface area contributed by atoms with E-state index in [0.29, 0.717) is 0 Å². The zero-order chi connectivity index (χ0) is 13.7. The fourth-order valence-electron chi connectivity index (χ4n) is 2.28. The van der Waals surface area contributed by atoms with Crippen molar-refractivity contribution in [2.45, 2.75) is 46.3 Å². The van der Waals surface area contributed by atoms with E-state index < -0.39 is 23.2 Å². The van der Waals surface area contributed by atoms with Crippen LogP contribution in [0.2, 0.25) is 5.25 Å². The van der Waals surface area contributed by atoms with Crippen LogP contribution in [0.4, 0.5) is 0 Å². The van der Waals surface area contributed by atoms with Crippen LogP contribution in [0.3, 0.4) is 0 Å². The van der Waals surface area contributed by atoms with Gasteiger partial charge in [0.05, 0.1) is 0 Å². The van der Waals surface area contributed by atoms with Crippen molar-refractivity contribution in [3.63, 3.8) is 0 Å². The number of halogens is 2. The van der Waals surface area contributed by atoms with Gasteiger partial charge < -0.3 is 0 Å². The fraction of sp³-hybridized carbons (Fsp3) is 0.500. The molecule has 0 nitrogen and oxygen atoms in total. The fourth-order valence-corrected chi connectivity index (χ4v) is 6.10. The van der Waals surface area contributed by atoms with Gasteiger partial charge in [-0.15, -0.1) is 24.8 Å². The van der Waals surface area contributed by atoms with Gasteiger partial charge in [0.15, 0.2) is 0 Å². The van der Waals surface area contributed by atoms with Gasteiger partial charge in [-0.3, -0.25) is 0 Å². The SMILES string of the molecule is CC1=C(C)C(C)[C]([Zr][C]2=CC=CC2)=C1C.C[CH2][Ge].Cl.Cl. The largest absolute Gasteiger partial charge is 0.147 e. The molecule has 111 valence electrons. The van der Waals surface area contributed by atoms with Gasteiger partial charge in [-0.25, -0.2) is 0 Å². The molecular weight excluding hydrogens is 427 g/mol. The van der Waals surface area contributed by atoms with Crippen LogP contribution in [-0.4, -0.2) is 16.5 Å². The molecule has 0 aromatic rings. The zero-order valence-corrected chi connectivity index (χ0v) is 19.2. The Morgan fingerprint density at radius 2 is 1.75 bits per heavy atom. The molecule has 0 aromatic carbocycles. The van der Waals surface area contributed by atoms with Crippen molar-refractivity contribution in [2.24, 2.45) is 5.92 Å². The van der Waals surface area contributed by atoms with Crippen LogP contribution < -0.4 is 0 Å². The number of allylic oxidation sites excluding steroid dienone is 8. The molecule has 1 unspecified atom stereocenters. The maximum atomic E-state index is 2.38. The first-order valence-corrected chi connectivity index (χ1v) is 10.6. The Morgan fingerprint density at radius 3 is 2.10 bits per heavy atom. The molecule has 0 saturated heterocycles. The summed E-state index contributed by atoms with van der Waals surface area (Å²) in [7, 11) is 0. The van der Waals surface area contributed by atoms with E-state index in [0.717, 1.165) is 5.92 Å². The standard InChI is InChI=1S/C9H13.C5H5.C2H5Ge.2ClH.Zr/c1-6-5-7(2)9(4)8(6)3;1-2-4-5-3-1;1-2-3;;;/h6H,1-4H3;1-3H,4H2;2H2,1H3;2*1H;. The van der Waals surface area contributed by atoms with E-state index >= 15 is 0 Å². The van der Waals surface area contributed by atoms with Crippen LogP contribution in [0.15, 0.2) is 41.5 Å². The Kier molecular flexibility index (Phi) is 13.4. The molecule has 20 heavy (non-hydrogen) atoms. The van der Waals surface area contributed by atoms with Gasteiger partial charge in [-0.05, 0) is 0 Å². The second-order valence-corrected chi connectivity index (χ2v) is 9.87. The minimum atomic E-state index is -0.456. The Hall–Kier alpha value is 0.966.